The molecular formula is C9H17NO3. The predicted molar refractivity (Wildman–Crippen MR) is 49.4 cm³/mol. The SMILES string of the molecule is CCC(=O)CCOCCNC(C)=O. The van der Waals surface area contributed by atoms with Gasteiger partial charge < -0.3 is 10.1 Å². The first-order valence-corrected chi connectivity index (χ1v) is 4.50. The highest BCUT2D eigenvalue weighted by Gasteiger charge is 1.97. The molecule has 0 aliphatic rings. The molecule has 0 aromatic heterocycles. The van der Waals surface area contributed by atoms with Gasteiger partial charge >= 0.3 is 0 Å². The molecular weight excluding hydrogens is 170 g/mol. The fourth-order valence-electron chi connectivity index (χ4n) is 0.764. The molecule has 1 amide bonds. The highest BCUT2D eigenvalue weighted by molar-refractivity contribution is 5.78. The summed E-state index contributed by atoms with van der Waals surface area (Å²) in [6.45, 7) is 4.72. The van der Waals surface area contributed by atoms with Crippen molar-refractivity contribution in [3.05, 3.63) is 0 Å². The van der Waals surface area contributed by atoms with E-state index >= 15 is 0 Å². The molecule has 1 N–H and O–H groups in total. The van der Waals surface area contributed by atoms with Gasteiger partial charge in [0.2, 0.25) is 5.91 Å². The number of Topliss-reactive ketones (excluding diaryl/α,β-unsaturated/α-hetero) is 1. The molecule has 0 radical (unpaired) electrons. The summed E-state index contributed by atoms with van der Waals surface area (Å²) >= 11 is 0. The van der Waals surface area contributed by atoms with Gasteiger partial charge in [-0.2, -0.15) is 0 Å². The molecule has 0 aliphatic carbocycles. The lowest BCUT2D eigenvalue weighted by molar-refractivity contribution is -0.121. The Hall–Kier alpha value is -0.900. The maximum Gasteiger partial charge on any atom is 0.216 e. The van der Waals surface area contributed by atoms with Gasteiger partial charge in [-0.25, -0.2) is 0 Å². The Bertz CT molecular complexity index is 168. The third-order valence-corrected chi connectivity index (χ3v) is 1.54. The summed E-state index contributed by atoms with van der Waals surface area (Å²) in [6, 6.07) is 0. The van der Waals surface area contributed by atoms with Crippen LogP contribution in [0.5, 0.6) is 0 Å². The maximum atomic E-state index is 10.8. The van der Waals surface area contributed by atoms with Gasteiger partial charge in [-0.05, 0) is 0 Å². The Morgan fingerprint density at radius 3 is 2.54 bits per heavy atom. The van der Waals surface area contributed by atoms with E-state index in [1.165, 1.54) is 6.92 Å². The molecule has 0 aliphatic heterocycles. The third-order valence-electron chi connectivity index (χ3n) is 1.54. The first-order valence-electron chi connectivity index (χ1n) is 4.50. The van der Waals surface area contributed by atoms with Crippen LogP contribution < -0.4 is 5.32 Å². The normalized spacial score (nSPS) is 9.69. The van der Waals surface area contributed by atoms with E-state index in [1.807, 2.05) is 6.92 Å². The Kier molecular flexibility index (Phi) is 7.20. The first kappa shape index (κ1) is 12.1. The average molecular weight is 187 g/mol. The minimum atomic E-state index is -0.0618. The molecule has 0 atom stereocenters. The summed E-state index contributed by atoms with van der Waals surface area (Å²) in [5, 5.41) is 2.60. The van der Waals surface area contributed by atoms with E-state index in [1.54, 1.807) is 0 Å². The predicted octanol–water partition coefficient (Wildman–Crippen LogP) is 0.508. The lowest BCUT2D eigenvalue weighted by atomic mass is 10.2. The van der Waals surface area contributed by atoms with Gasteiger partial charge in [0.1, 0.15) is 5.78 Å². The molecule has 0 heterocycles. The quantitative estimate of drug-likeness (QED) is 0.591. The van der Waals surface area contributed by atoms with E-state index in [4.69, 9.17) is 4.74 Å². The molecule has 4 heteroatoms. The van der Waals surface area contributed by atoms with Crippen LogP contribution in [-0.2, 0) is 14.3 Å². The van der Waals surface area contributed by atoms with Crippen LogP contribution in [-0.4, -0.2) is 31.4 Å². The van der Waals surface area contributed by atoms with Crippen LogP contribution in [0.2, 0.25) is 0 Å². The van der Waals surface area contributed by atoms with Crippen molar-refractivity contribution in [3.63, 3.8) is 0 Å². The van der Waals surface area contributed by atoms with Crippen molar-refractivity contribution in [2.24, 2.45) is 0 Å². The molecule has 0 bridgehead atoms. The van der Waals surface area contributed by atoms with Gasteiger partial charge in [0.15, 0.2) is 0 Å². The zero-order valence-electron chi connectivity index (χ0n) is 8.26. The molecule has 0 rings (SSSR count). The topological polar surface area (TPSA) is 55.4 Å². The van der Waals surface area contributed by atoms with E-state index in [9.17, 15) is 9.59 Å². The Labute approximate surface area is 78.6 Å². The van der Waals surface area contributed by atoms with Gasteiger partial charge in [-0.1, -0.05) is 6.92 Å². The number of hydrogen-bond donors (Lipinski definition) is 1. The summed E-state index contributed by atoms with van der Waals surface area (Å²) in [5.74, 6) is 0.146. The average Bonchev–Trinajstić information content (AvgIpc) is 2.10. The largest absolute Gasteiger partial charge is 0.379 e. The van der Waals surface area contributed by atoms with Gasteiger partial charge in [0.25, 0.3) is 0 Å². The number of rotatable bonds is 7. The van der Waals surface area contributed by atoms with Crippen molar-refractivity contribution in [2.75, 3.05) is 19.8 Å². The summed E-state index contributed by atoms with van der Waals surface area (Å²) in [5.41, 5.74) is 0. The van der Waals surface area contributed by atoms with E-state index < -0.39 is 0 Å². The van der Waals surface area contributed by atoms with Crippen molar-refractivity contribution in [1.29, 1.82) is 0 Å². The van der Waals surface area contributed by atoms with Gasteiger partial charge in [0, 0.05) is 26.3 Å². The Morgan fingerprint density at radius 2 is 2.00 bits per heavy atom. The third kappa shape index (κ3) is 9.01. The highest BCUT2D eigenvalue weighted by Crippen LogP contribution is 1.88. The molecule has 0 saturated heterocycles. The van der Waals surface area contributed by atoms with Crippen molar-refractivity contribution >= 4 is 11.7 Å². The molecule has 0 saturated carbocycles. The minimum Gasteiger partial charge on any atom is -0.379 e. The van der Waals surface area contributed by atoms with Crippen LogP contribution in [0.4, 0.5) is 0 Å². The van der Waals surface area contributed by atoms with Crippen LogP contribution in [0.15, 0.2) is 0 Å². The van der Waals surface area contributed by atoms with Crippen LogP contribution in [0.25, 0.3) is 0 Å². The summed E-state index contributed by atoms with van der Waals surface area (Å²) in [4.78, 5) is 21.2. The summed E-state index contributed by atoms with van der Waals surface area (Å²) in [6.07, 6.45) is 1.03. The van der Waals surface area contributed by atoms with Gasteiger partial charge in [0.05, 0.1) is 13.2 Å². The second-order valence-electron chi connectivity index (χ2n) is 2.74. The number of hydrogen-bond acceptors (Lipinski definition) is 3. The monoisotopic (exact) mass is 187 g/mol. The standard InChI is InChI=1S/C9H17NO3/c1-3-9(12)4-6-13-7-5-10-8(2)11/h3-7H2,1-2H3,(H,10,11). The number of carbonyl (C=O) groups excluding carboxylic acids is 2. The van der Waals surface area contributed by atoms with Crippen LogP contribution in [0.1, 0.15) is 26.7 Å². The number of ketones is 1. The van der Waals surface area contributed by atoms with Gasteiger partial charge in [-0.15, -0.1) is 0 Å². The zero-order chi connectivity index (χ0) is 10.1. The smallest absolute Gasteiger partial charge is 0.216 e. The molecule has 0 spiro atoms. The summed E-state index contributed by atoms with van der Waals surface area (Å²) in [7, 11) is 0. The lowest BCUT2D eigenvalue weighted by Crippen LogP contribution is -2.24. The number of nitrogens with one attached hydrogen (secondary N) is 1. The molecule has 0 aromatic carbocycles. The van der Waals surface area contributed by atoms with E-state index in [0.717, 1.165) is 0 Å². The maximum absolute atomic E-state index is 10.8. The van der Waals surface area contributed by atoms with Gasteiger partial charge in [-0.3, -0.25) is 9.59 Å². The Balaban J connectivity index is 3.08. The zero-order valence-corrected chi connectivity index (χ0v) is 8.26. The minimum absolute atomic E-state index is 0.0618. The number of carbonyl (C=O) groups is 2. The molecule has 0 fully saturated rings. The van der Waals surface area contributed by atoms with Crippen LogP contribution in [0, 0.1) is 0 Å². The number of amides is 1. The van der Waals surface area contributed by atoms with Crippen LogP contribution in [0.3, 0.4) is 0 Å². The fourth-order valence-corrected chi connectivity index (χ4v) is 0.764. The number of ether oxygens (including phenoxy) is 1. The first-order chi connectivity index (χ1) is 6.16. The molecule has 0 unspecified atom stereocenters. The van der Waals surface area contributed by atoms with E-state index in [-0.39, 0.29) is 11.7 Å². The van der Waals surface area contributed by atoms with E-state index in [2.05, 4.69) is 5.32 Å². The molecule has 4 nitrogen and oxygen atoms in total. The van der Waals surface area contributed by atoms with Crippen LogP contribution >= 0.6 is 0 Å². The van der Waals surface area contributed by atoms with E-state index in [0.29, 0.717) is 32.6 Å². The fraction of sp³-hybridized carbons (Fsp3) is 0.778. The second kappa shape index (κ2) is 7.73. The van der Waals surface area contributed by atoms with Crippen molar-refractivity contribution < 1.29 is 14.3 Å². The Morgan fingerprint density at radius 1 is 1.31 bits per heavy atom. The van der Waals surface area contributed by atoms with Crippen molar-refractivity contribution in [3.8, 4) is 0 Å². The molecule has 76 valence electrons. The van der Waals surface area contributed by atoms with Crippen molar-refractivity contribution in [1.82, 2.24) is 5.32 Å². The van der Waals surface area contributed by atoms with Crippen molar-refractivity contribution in [2.45, 2.75) is 26.7 Å². The lowest BCUT2D eigenvalue weighted by Gasteiger charge is -2.03. The molecule has 0 aromatic rings. The highest BCUT2D eigenvalue weighted by atomic mass is 16.5. The second-order valence-corrected chi connectivity index (χ2v) is 2.74. The molecule has 13 heavy (non-hydrogen) atoms. The summed E-state index contributed by atoms with van der Waals surface area (Å²) < 4.78 is 5.12.